The van der Waals surface area contributed by atoms with Crippen LogP contribution in [0.25, 0.3) is 0 Å². The summed E-state index contributed by atoms with van der Waals surface area (Å²) in [7, 11) is 0. The topological polar surface area (TPSA) is 27.1 Å². The van der Waals surface area contributed by atoms with Gasteiger partial charge in [0.2, 0.25) is 0 Å². The van der Waals surface area contributed by atoms with Crippen LogP contribution in [0, 0.1) is 3.57 Å². The van der Waals surface area contributed by atoms with Gasteiger partial charge in [-0.05, 0) is 22.6 Å². The first kappa shape index (κ1) is 10.8. The monoisotopic (exact) mass is 306 g/mol. The quantitative estimate of drug-likeness (QED) is 0.799. The molecule has 0 fully saturated rings. The average molecular weight is 306 g/mol. The Morgan fingerprint density at radius 3 is 2.69 bits per heavy atom. The predicted molar refractivity (Wildman–Crippen MR) is 47.0 cm³/mol. The lowest BCUT2D eigenvalue weighted by Crippen LogP contribution is -2.18. The zero-order chi connectivity index (χ0) is 9.90. The van der Waals surface area contributed by atoms with Gasteiger partial charge >= 0.3 is 6.18 Å². The van der Waals surface area contributed by atoms with Crippen molar-refractivity contribution in [3.63, 3.8) is 0 Å². The maximum absolute atomic E-state index is 11.6. The number of rotatable bonds is 3. The minimum Gasteiger partial charge on any atom is -0.350 e. The Bertz CT molecular complexity index is 273. The SMILES string of the molecule is FC(F)(F)COCn1cc(I)cn1. The van der Waals surface area contributed by atoms with E-state index in [4.69, 9.17) is 0 Å². The molecule has 1 aromatic rings. The second-order valence-corrected chi connectivity index (χ2v) is 3.54. The van der Waals surface area contributed by atoms with Crippen LogP contribution in [-0.2, 0) is 11.5 Å². The molecule has 7 heteroatoms. The summed E-state index contributed by atoms with van der Waals surface area (Å²) in [6.07, 6.45) is -1.14. The maximum Gasteiger partial charge on any atom is 0.411 e. The number of ether oxygens (including phenoxy) is 1. The van der Waals surface area contributed by atoms with E-state index in [1.165, 1.54) is 10.9 Å². The molecular weight excluding hydrogens is 300 g/mol. The van der Waals surface area contributed by atoms with Gasteiger partial charge in [-0.2, -0.15) is 18.3 Å². The molecule has 0 radical (unpaired) electrons. The first-order chi connectivity index (χ1) is 5.97. The molecule has 1 aromatic heterocycles. The van der Waals surface area contributed by atoms with E-state index in [2.05, 4.69) is 9.84 Å². The highest BCUT2D eigenvalue weighted by Crippen LogP contribution is 2.14. The van der Waals surface area contributed by atoms with Gasteiger partial charge in [0.1, 0.15) is 13.3 Å². The fraction of sp³-hybridized carbons (Fsp3) is 0.500. The van der Waals surface area contributed by atoms with Crippen LogP contribution in [0.2, 0.25) is 0 Å². The zero-order valence-electron chi connectivity index (χ0n) is 6.38. The molecule has 74 valence electrons. The molecule has 13 heavy (non-hydrogen) atoms. The van der Waals surface area contributed by atoms with Crippen LogP contribution in [0.5, 0.6) is 0 Å². The van der Waals surface area contributed by atoms with Crippen LogP contribution in [0.1, 0.15) is 0 Å². The van der Waals surface area contributed by atoms with Crippen LogP contribution >= 0.6 is 22.6 Å². The number of nitrogens with zero attached hydrogens (tertiary/aromatic N) is 2. The van der Waals surface area contributed by atoms with Crippen molar-refractivity contribution in [3.8, 4) is 0 Å². The first-order valence-corrected chi connectivity index (χ1v) is 4.38. The summed E-state index contributed by atoms with van der Waals surface area (Å²) in [4.78, 5) is 0. The van der Waals surface area contributed by atoms with Crippen molar-refractivity contribution >= 4 is 22.6 Å². The molecule has 0 aliphatic carbocycles. The van der Waals surface area contributed by atoms with E-state index in [9.17, 15) is 13.2 Å². The second-order valence-electron chi connectivity index (χ2n) is 2.29. The van der Waals surface area contributed by atoms with Crippen molar-refractivity contribution in [1.82, 2.24) is 9.78 Å². The Balaban J connectivity index is 2.28. The molecule has 1 rings (SSSR count). The summed E-state index contributed by atoms with van der Waals surface area (Å²) in [5, 5.41) is 3.75. The highest BCUT2D eigenvalue weighted by atomic mass is 127. The Hall–Kier alpha value is -0.310. The smallest absolute Gasteiger partial charge is 0.350 e. The van der Waals surface area contributed by atoms with Gasteiger partial charge < -0.3 is 4.74 Å². The van der Waals surface area contributed by atoms with Crippen molar-refractivity contribution < 1.29 is 17.9 Å². The third kappa shape index (κ3) is 4.46. The Kier molecular flexibility index (Phi) is 3.54. The lowest BCUT2D eigenvalue weighted by molar-refractivity contribution is -0.182. The molecule has 0 N–H and O–H groups in total. The van der Waals surface area contributed by atoms with Crippen LogP contribution in [0.15, 0.2) is 12.4 Å². The third-order valence-corrected chi connectivity index (χ3v) is 1.65. The minimum atomic E-state index is -4.28. The van der Waals surface area contributed by atoms with Gasteiger partial charge in [0, 0.05) is 6.20 Å². The molecule has 1 heterocycles. The molecule has 0 saturated carbocycles. The van der Waals surface area contributed by atoms with Crippen LogP contribution in [-0.4, -0.2) is 22.6 Å². The molecule has 0 saturated heterocycles. The maximum atomic E-state index is 11.6. The van der Waals surface area contributed by atoms with E-state index in [1.807, 2.05) is 22.6 Å². The summed E-state index contributed by atoms with van der Waals surface area (Å²) in [6.45, 7) is -1.42. The highest BCUT2D eigenvalue weighted by Gasteiger charge is 2.27. The van der Waals surface area contributed by atoms with Gasteiger partial charge in [0.25, 0.3) is 0 Å². The summed E-state index contributed by atoms with van der Waals surface area (Å²) in [5.74, 6) is 0. The summed E-state index contributed by atoms with van der Waals surface area (Å²) in [5.41, 5.74) is 0. The fourth-order valence-electron chi connectivity index (χ4n) is 0.664. The van der Waals surface area contributed by atoms with Gasteiger partial charge in [-0.1, -0.05) is 0 Å². The van der Waals surface area contributed by atoms with Crippen LogP contribution in [0.3, 0.4) is 0 Å². The lowest BCUT2D eigenvalue weighted by atomic mass is 10.7. The van der Waals surface area contributed by atoms with E-state index >= 15 is 0 Å². The Morgan fingerprint density at radius 2 is 2.23 bits per heavy atom. The van der Waals surface area contributed by atoms with Crippen molar-refractivity contribution in [2.45, 2.75) is 12.9 Å². The molecule has 0 aliphatic rings. The van der Waals surface area contributed by atoms with Crippen LogP contribution < -0.4 is 0 Å². The number of aromatic nitrogens is 2. The molecule has 0 bridgehead atoms. The van der Waals surface area contributed by atoms with Crippen molar-refractivity contribution in [3.05, 3.63) is 16.0 Å². The lowest BCUT2D eigenvalue weighted by Gasteiger charge is -2.06. The summed E-state index contributed by atoms with van der Waals surface area (Å²) in [6, 6.07) is 0. The van der Waals surface area contributed by atoms with Crippen molar-refractivity contribution in [1.29, 1.82) is 0 Å². The molecule has 0 unspecified atom stereocenters. The molecule has 0 aromatic carbocycles. The second kappa shape index (κ2) is 4.27. The zero-order valence-corrected chi connectivity index (χ0v) is 8.54. The van der Waals surface area contributed by atoms with E-state index in [-0.39, 0.29) is 6.73 Å². The van der Waals surface area contributed by atoms with E-state index < -0.39 is 12.8 Å². The van der Waals surface area contributed by atoms with E-state index in [0.717, 1.165) is 3.57 Å². The number of halogens is 4. The summed E-state index contributed by atoms with van der Waals surface area (Å²) < 4.78 is 41.3. The predicted octanol–water partition coefficient (Wildman–Crippen LogP) is 2.02. The minimum absolute atomic E-state index is 0.178. The molecule has 0 amide bonds. The van der Waals surface area contributed by atoms with E-state index in [0.29, 0.717) is 0 Å². The third-order valence-electron chi connectivity index (χ3n) is 1.09. The number of hydrogen-bond acceptors (Lipinski definition) is 2. The largest absolute Gasteiger partial charge is 0.411 e. The van der Waals surface area contributed by atoms with Gasteiger partial charge in [-0.3, -0.25) is 0 Å². The molecule has 0 spiro atoms. The van der Waals surface area contributed by atoms with Gasteiger partial charge in [-0.15, -0.1) is 0 Å². The van der Waals surface area contributed by atoms with Gasteiger partial charge in [0.05, 0.1) is 9.77 Å². The van der Waals surface area contributed by atoms with Gasteiger partial charge in [-0.25, -0.2) is 4.68 Å². The molecular formula is C6H6F3IN2O. The highest BCUT2D eigenvalue weighted by molar-refractivity contribution is 14.1. The number of hydrogen-bond donors (Lipinski definition) is 0. The average Bonchev–Trinajstić information content (AvgIpc) is 2.33. The Labute approximate surface area is 86.0 Å². The first-order valence-electron chi connectivity index (χ1n) is 3.30. The normalized spacial score (nSPS) is 12.0. The molecule has 0 aliphatic heterocycles. The summed E-state index contributed by atoms with van der Waals surface area (Å²) >= 11 is 2.01. The fourth-order valence-corrected chi connectivity index (χ4v) is 1.11. The van der Waals surface area contributed by atoms with E-state index in [1.54, 1.807) is 6.20 Å². The molecule has 0 atom stereocenters. The van der Waals surface area contributed by atoms with Crippen molar-refractivity contribution in [2.75, 3.05) is 6.61 Å². The number of alkyl halides is 3. The van der Waals surface area contributed by atoms with Crippen molar-refractivity contribution in [2.24, 2.45) is 0 Å². The van der Waals surface area contributed by atoms with Crippen LogP contribution in [0.4, 0.5) is 13.2 Å². The molecule has 3 nitrogen and oxygen atoms in total. The standard InChI is InChI=1S/C6H6F3IN2O/c7-6(8,9)3-13-4-12-2-5(10)1-11-12/h1-2H,3-4H2. The van der Waals surface area contributed by atoms with Gasteiger partial charge in [0.15, 0.2) is 0 Å². The Morgan fingerprint density at radius 1 is 1.54 bits per heavy atom.